The number of fused-ring (bicyclic) bond motifs is 1. The van der Waals surface area contributed by atoms with Crippen LogP contribution < -0.4 is 4.46 Å². The molecule has 4 atom stereocenters. The summed E-state index contributed by atoms with van der Waals surface area (Å²) in [7, 11) is -1.89. The van der Waals surface area contributed by atoms with Gasteiger partial charge in [0.2, 0.25) is 0 Å². The number of piperidine rings is 1. The Morgan fingerprint density at radius 2 is 1.58 bits per heavy atom. The molecule has 2 heterocycles. The van der Waals surface area contributed by atoms with Gasteiger partial charge in [-0.3, -0.25) is 0 Å². The summed E-state index contributed by atoms with van der Waals surface area (Å²) < 4.78 is 8.28. The summed E-state index contributed by atoms with van der Waals surface area (Å²) in [5, 5.41) is 0.172. The molecule has 2 fully saturated rings. The second-order valence-electron chi connectivity index (χ2n) is 10.5. The van der Waals surface area contributed by atoms with Crippen LogP contribution in [0.1, 0.15) is 45.1 Å². The van der Waals surface area contributed by atoms with Gasteiger partial charge in [-0.05, 0) is 0 Å². The van der Waals surface area contributed by atoms with Gasteiger partial charge in [-0.2, -0.15) is 0 Å². The maximum atomic E-state index is 13.5. The number of amides is 1. The quantitative estimate of drug-likeness (QED) is 0.542. The molecule has 2 aliphatic rings. The van der Waals surface area contributed by atoms with Crippen LogP contribution in [-0.4, -0.2) is 52.8 Å². The van der Waals surface area contributed by atoms with Gasteiger partial charge in [-0.1, -0.05) is 0 Å². The first-order valence-corrected chi connectivity index (χ1v) is 16.2. The van der Waals surface area contributed by atoms with Crippen molar-refractivity contribution in [1.29, 1.82) is 0 Å². The first-order chi connectivity index (χ1) is 14.7. The molecule has 0 N–H and O–H groups in total. The van der Waals surface area contributed by atoms with E-state index in [0.29, 0.717) is 31.7 Å². The van der Waals surface area contributed by atoms with E-state index < -0.39 is 8.32 Å². The molecule has 1 amide bonds. The summed E-state index contributed by atoms with van der Waals surface area (Å²) in [4.78, 5) is 16.2. The Morgan fingerprint density at radius 3 is 2.19 bits per heavy atom. The number of hydrogen-bond acceptors (Lipinski definition) is 2. The molecular weight excluding hydrogens is 465 g/mol. The van der Waals surface area contributed by atoms with E-state index >= 15 is 0 Å². The Morgan fingerprint density at radius 1 is 0.968 bits per heavy atom. The molecule has 5 heteroatoms. The molecule has 2 aromatic rings. The van der Waals surface area contributed by atoms with E-state index in [1.54, 1.807) is 0 Å². The van der Waals surface area contributed by atoms with E-state index in [4.69, 9.17) is 4.43 Å². The first-order valence-electron chi connectivity index (χ1n) is 11.4. The van der Waals surface area contributed by atoms with Crippen molar-refractivity contribution in [2.45, 2.75) is 74.6 Å². The average Bonchev–Trinajstić information content (AvgIpc) is 3.05. The maximum absolute atomic E-state index is 13.5. The second kappa shape index (κ2) is 8.86. The van der Waals surface area contributed by atoms with Gasteiger partial charge < -0.3 is 0 Å². The van der Waals surface area contributed by atoms with Gasteiger partial charge >= 0.3 is 195 Å². The molecule has 0 aliphatic carbocycles. The van der Waals surface area contributed by atoms with Crippen molar-refractivity contribution in [2.24, 2.45) is 0 Å². The molecule has 4 rings (SSSR count). The molecule has 0 aromatic heterocycles. The Bertz CT molecular complexity index is 897. The van der Waals surface area contributed by atoms with Crippen LogP contribution in [0.3, 0.4) is 0 Å². The van der Waals surface area contributed by atoms with Crippen LogP contribution in [-0.2, 0) is 9.22 Å². The van der Waals surface area contributed by atoms with Gasteiger partial charge in [-0.15, -0.1) is 0 Å². The van der Waals surface area contributed by atoms with Crippen molar-refractivity contribution in [3.8, 4) is 0 Å². The molecule has 31 heavy (non-hydrogen) atoms. The van der Waals surface area contributed by atoms with Crippen molar-refractivity contribution in [1.82, 2.24) is 4.90 Å². The van der Waals surface area contributed by atoms with Crippen molar-refractivity contribution >= 4 is 33.6 Å². The number of benzene rings is 2. The van der Waals surface area contributed by atoms with Crippen LogP contribution in [0, 0.1) is 0 Å². The number of carbonyl (C=O) groups is 1. The summed E-state index contributed by atoms with van der Waals surface area (Å²) >= 11 is 0.325. The zero-order valence-corrected chi connectivity index (χ0v) is 22.1. The zero-order valence-electron chi connectivity index (χ0n) is 19.4. The third kappa shape index (κ3) is 4.85. The predicted molar refractivity (Wildman–Crippen MR) is 132 cm³/mol. The predicted octanol–water partition coefficient (Wildman–Crippen LogP) is 4.98. The normalized spacial score (nSPS) is 26.7. The topological polar surface area (TPSA) is 29.5 Å². The van der Waals surface area contributed by atoms with E-state index in [9.17, 15) is 4.79 Å². The summed E-state index contributed by atoms with van der Waals surface area (Å²) in [5.41, 5.74) is 1.16. The SMILES string of the molecule is CC(C)(C)[Si](C)(C)O[C@@H]1C[C@@H]([Se]c2ccccc2)[C@@H]2C[C@@H](c3ccccc3)C(=O)N2C1. The van der Waals surface area contributed by atoms with E-state index in [-0.39, 0.29) is 17.1 Å². The third-order valence-electron chi connectivity index (χ3n) is 7.28. The van der Waals surface area contributed by atoms with Crippen LogP contribution in [0.25, 0.3) is 0 Å². The fourth-order valence-electron chi connectivity index (χ4n) is 4.56. The number of hydrogen-bond donors (Lipinski definition) is 0. The fourth-order valence-corrected chi connectivity index (χ4v) is 8.84. The Kier molecular flexibility index (Phi) is 6.51. The number of nitrogens with zero attached hydrogens (tertiary/aromatic N) is 1. The van der Waals surface area contributed by atoms with E-state index in [1.807, 2.05) is 6.07 Å². The number of rotatable bonds is 5. The van der Waals surface area contributed by atoms with E-state index in [0.717, 1.165) is 24.9 Å². The van der Waals surface area contributed by atoms with Gasteiger partial charge in [0.25, 0.3) is 0 Å². The van der Waals surface area contributed by atoms with Gasteiger partial charge in [0.1, 0.15) is 0 Å². The molecule has 0 bridgehead atoms. The van der Waals surface area contributed by atoms with Crippen LogP contribution in [0.2, 0.25) is 22.9 Å². The van der Waals surface area contributed by atoms with E-state index in [2.05, 4.69) is 93.4 Å². The van der Waals surface area contributed by atoms with Crippen molar-refractivity contribution < 1.29 is 9.22 Å². The van der Waals surface area contributed by atoms with Crippen LogP contribution in [0.5, 0.6) is 0 Å². The van der Waals surface area contributed by atoms with Crippen molar-refractivity contribution in [3.63, 3.8) is 0 Å². The van der Waals surface area contributed by atoms with Crippen LogP contribution in [0.15, 0.2) is 60.7 Å². The summed E-state index contributed by atoms with van der Waals surface area (Å²) in [6.45, 7) is 12.3. The molecule has 166 valence electrons. The average molecular weight is 501 g/mol. The Hall–Kier alpha value is -1.39. The van der Waals surface area contributed by atoms with Gasteiger partial charge in [0, 0.05) is 0 Å². The number of carbonyl (C=O) groups excluding carboxylic acids is 1. The summed E-state index contributed by atoms with van der Waals surface area (Å²) in [6, 6.07) is 21.5. The molecule has 2 saturated heterocycles. The van der Waals surface area contributed by atoms with E-state index in [1.165, 1.54) is 4.46 Å². The van der Waals surface area contributed by atoms with Gasteiger partial charge in [0.15, 0.2) is 0 Å². The summed E-state index contributed by atoms with van der Waals surface area (Å²) in [5.74, 6) is 0.292. The van der Waals surface area contributed by atoms with Gasteiger partial charge in [0.05, 0.1) is 0 Å². The van der Waals surface area contributed by atoms with Crippen molar-refractivity contribution in [3.05, 3.63) is 66.2 Å². The Labute approximate surface area is 194 Å². The standard InChI is InChI=1S/C26H35NO2SeSi/c1-26(2,3)31(4,5)29-20-16-24(30-21-14-10-7-11-15-21)23-17-22(25(28)27(23)18-20)19-12-8-6-9-13-19/h6-15,20,22-24H,16-18H2,1-5H3/t20-,22+,23+,24-/m1/s1. The van der Waals surface area contributed by atoms with Gasteiger partial charge in [-0.25, -0.2) is 0 Å². The molecule has 0 unspecified atom stereocenters. The monoisotopic (exact) mass is 501 g/mol. The molecule has 3 nitrogen and oxygen atoms in total. The summed E-state index contributed by atoms with van der Waals surface area (Å²) in [6.07, 6.45) is 2.15. The molecule has 2 aromatic carbocycles. The Balaban J connectivity index is 1.60. The van der Waals surface area contributed by atoms with Crippen molar-refractivity contribution in [2.75, 3.05) is 6.54 Å². The minimum atomic E-state index is -1.89. The zero-order chi connectivity index (χ0) is 22.2. The third-order valence-corrected chi connectivity index (χ3v) is 14.7. The molecule has 0 spiro atoms. The second-order valence-corrected chi connectivity index (χ2v) is 18.0. The first kappa shape index (κ1) is 22.8. The molecular formula is C26H35NO2SeSi. The van der Waals surface area contributed by atoms with Crippen LogP contribution >= 0.6 is 0 Å². The fraction of sp³-hybridized carbons (Fsp3) is 0.500. The molecule has 2 aliphatic heterocycles. The van der Waals surface area contributed by atoms with Crippen LogP contribution in [0.4, 0.5) is 0 Å². The molecule has 0 saturated carbocycles. The molecule has 0 radical (unpaired) electrons. The minimum absolute atomic E-state index is 0.00751.